The summed E-state index contributed by atoms with van der Waals surface area (Å²) in [6.07, 6.45) is 1.73. The standard InChI is InChI=1S/C14H8N2O/c1-2-6-11-9(4-1)8-12-13(16-11)10-5-3-7-15-14(10)17-12/h1-8H. The van der Waals surface area contributed by atoms with Gasteiger partial charge in [-0.15, -0.1) is 0 Å². The molecule has 3 heterocycles. The monoisotopic (exact) mass is 220 g/mol. The van der Waals surface area contributed by atoms with E-state index in [0.29, 0.717) is 5.71 Å². The number of hydrogen-bond donors (Lipinski definition) is 0. The molecule has 0 aliphatic rings. The highest BCUT2D eigenvalue weighted by atomic mass is 16.3. The molecule has 0 saturated carbocycles. The highest BCUT2D eigenvalue weighted by molar-refractivity contribution is 6.04. The Morgan fingerprint density at radius 1 is 1.00 bits per heavy atom. The number of furan rings is 1. The van der Waals surface area contributed by atoms with E-state index in [9.17, 15) is 0 Å². The van der Waals surface area contributed by atoms with Gasteiger partial charge in [0.2, 0.25) is 5.71 Å². The molecule has 0 bridgehead atoms. The Morgan fingerprint density at radius 2 is 1.94 bits per heavy atom. The molecule has 0 aliphatic heterocycles. The average molecular weight is 220 g/mol. The van der Waals surface area contributed by atoms with E-state index < -0.39 is 0 Å². The Bertz CT molecular complexity index is 842. The van der Waals surface area contributed by atoms with Crippen LogP contribution in [-0.4, -0.2) is 9.97 Å². The molecule has 0 radical (unpaired) electrons. The van der Waals surface area contributed by atoms with Gasteiger partial charge in [0.25, 0.3) is 0 Å². The molecule has 0 atom stereocenters. The summed E-state index contributed by atoms with van der Waals surface area (Å²) in [7, 11) is 0. The van der Waals surface area contributed by atoms with Gasteiger partial charge >= 0.3 is 0 Å². The third kappa shape index (κ3) is 1.16. The predicted octanol–water partition coefficient (Wildman–Crippen LogP) is 3.53. The van der Waals surface area contributed by atoms with Crippen LogP contribution in [0, 0.1) is 0 Å². The largest absolute Gasteiger partial charge is 0.436 e. The molecule has 4 aromatic rings. The van der Waals surface area contributed by atoms with Crippen molar-refractivity contribution in [2.45, 2.75) is 0 Å². The zero-order chi connectivity index (χ0) is 11.2. The Labute approximate surface area is 96.7 Å². The van der Waals surface area contributed by atoms with E-state index in [0.717, 1.165) is 27.4 Å². The summed E-state index contributed by atoms with van der Waals surface area (Å²) < 4.78 is 5.69. The average Bonchev–Trinajstić information content (AvgIpc) is 2.73. The maximum Gasteiger partial charge on any atom is 0.228 e. The smallest absolute Gasteiger partial charge is 0.228 e. The van der Waals surface area contributed by atoms with Crippen LogP contribution in [0.2, 0.25) is 0 Å². The van der Waals surface area contributed by atoms with Crippen LogP contribution in [0.5, 0.6) is 0 Å². The third-order valence-electron chi connectivity index (χ3n) is 2.92. The summed E-state index contributed by atoms with van der Waals surface area (Å²) in [6, 6.07) is 13.9. The van der Waals surface area contributed by atoms with Crippen molar-refractivity contribution in [3.8, 4) is 0 Å². The fourth-order valence-electron chi connectivity index (χ4n) is 2.12. The molecule has 0 fully saturated rings. The van der Waals surface area contributed by atoms with E-state index in [1.54, 1.807) is 6.20 Å². The maximum atomic E-state index is 5.69. The molecule has 17 heavy (non-hydrogen) atoms. The normalized spacial score (nSPS) is 11.5. The quantitative estimate of drug-likeness (QED) is 0.455. The zero-order valence-corrected chi connectivity index (χ0v) is 8.92. The van der Waals surface area contributed by atoms with Crippen molar-refractivity contribution in [3.05, 3.63) is 48.7 Å². The fraction of sp³-hybridized carbons (Fsp3) is 0. The summed E-state index contributed by atoms with van der Waals surface area (Å²) in [5.74, 6) is 0. The lowest BCUT2D eigenvalue weighted by molar-refractivity contribution is 0.654. The number of nitrogens with zero attached hydrogens (tertiary/aromatic N) is 2. The topological polar surface area (TPSA) is 38.9 Å². The van der Waals surface area contributed by atoms with Crippen LogP contribution in [0.1, 0.15) is 0 Å². The van der Waals surface area contributed by atoms with Crippen LogP contribution in [0.25, 0.3) is 33.1 Å². The summed E-state index contributed by atoms with van der Waals surface area (Å²) in [5, 5.41) is 2.05. The molecule has 0 saturated heterocycles. The number of benzene rings is 1. The number of fused-ring (bicyclic) bond motifs is 4. The predicted molar refractivity (Wildman–Crippen MR) is 66.8 cm³/mol. The lowest BCUT2D eigenvalue weighted by Gasteiger charge is -1.95. The van der Waals surface area contributed by atoms with E-state index in [-0.39, 0.29) is 0 Å². The Kier molecular flexibility index (Phi) is 1.56. The van der Waals surface area contributed by atoms with Gasteiger partial charge in [0.15, 0.2) is 5.58 Å². The fourth-order valence-corrected chi connectivity index (χ4v) is 2.12. The Hall–Kier alpha value is -2.42. The first-order valence-corrected chi connectivity index (χ1v) is 5.45. The van der Waals surface area contributed by atoms with Crippen molar-refractivity contribution < 1.29 is 4.42 Å². The van der Waals surface area contributed by atoms with Crippen molar-refractivity contribution >= 4 is 33.1 Å². The summed E-state index contributed by atoms with van der Waals surface area (Å²) in [5.41, 5.74) is 3.29. The lowest BCUT2D eigenvalue weighted by atomic mass is 10.2. The van der Waals surface area contributed by atoms with Crippen LogP contribution in [0.15, 0.2) is 53.1 Å². The molecule has 0 aliphatic carbocycles. The van der Waals surface area contributed by atoms with Crippen molar-refractivity contribution in [1.29, 1.82) is 0 Å². The molecule has 0 spiro atoms. The second-order valence-corrected chi connectivity index (χ2v) is 3.99. The van der Waals surface area contributed by atoms with Crippen molar-refractivity contribution in [2.75, 3.05) is 0 Å². The van der Waals surface area contributed by atoms with Crippen LogP contribution in [0.4, 0.5) is 0 Å². The van der Waals surface area contributed by atoms with Gasteiger partial charge in [-0.3, -0.25) is 0 Å². The van der Waals surface area contributed by atoms with E-state index in [1.807, 2.05) is 42.5 Å². The number of aromatic nitrogens is 2. The number of rotatable bonds is 0. The first kappa shape index (κ1) is 8.70. The summed E-state index contributed by atoms with van der Waals surface area (Å²) in [6.45, 7) is 0. The summed E-state index contributed by atoms with van der Waals surface area (Å²) >= 11 is 0. The minimum Gasteiger partial charge on any atom is -0.436 e. The minimum atomic E-state index is 0.644. The van der Waals surface area contributed by atoms with E-state index in [4.69, 9.17) is 4.42 Å². The maximum absolute atomic E-state index is 5.69. The van der Waals surface area contributed by atoms with Gasteiger partial charge in [-0.25, -0.2) is 9.97 Å². The molecular formula is C14H8N2O. The second-order valence-electron chi connectivity index (χ2n) is 3.99. The molecule has 0 N–H and O–H groups in total. The van der Waals surface area contributed by atoms with Gasteiger partial charge in [-0.05, 0) is 24.3 Å². The van der Waals surface area contributed by atoms with Gasteiger partial charge in [-0.2, -0.15) is 0 Å². The van der Waals surface area contributed by atoms with E-state index in [2.05, 4.69) is 9.97 Å². The molecule has 0 unspecified atom stereocenters. The first-order chi connectivity index (χ1) is 8.42. The molecule has 3 aromatic heterocycles. The van der Waals surface area contributed by atoms with Gasteiger partial charge in [0.05, 0.1) is 10.9 Å². The van der Waals surface area contributed by atoms with Crippen LogP contribution < -0.4 is 0 Å². The van der Waals surface area contributed by atoms with Gasteiger partial charge in [-0.1, -0.05) is 18.2 Å². The SMILES string of the molecule is c1ccc2nc3c(cc2c1)oc1ncccc13. The highest BCUT2D eigenvalue weighted by Gasteiger charge is 2.09. The molecule has 1 aromatic carbocycles. The summed E-state index contributed by atoms with van der Waals surface area (Å²) in [4.78, 5) is 8.83. The van der Waals surface area contributed by atoms with E-state index >= 15 is 0 Å². The highest BCUT2D eigenvalue weighted by Crippen LogP contribution is 2.28. The first-order valence-electron chi connectivity index (χ1n) is 5.45. The molecular weight excluding hydrogens is 212 g/mol. The molecule has 3 heteroatoms. The number of hydrogen-bond acceptors (Lipinski definition) is 3. The second kappa shape index (κ2) is 3.04. The number of para-hydroxylation sites is 1. The molecule has 3 nitrogen and oxygen atoms in total. The van der Waals surface area contributed by atoms with Crippen LogP contribution >= 0.6 is 0 Å². The van der Waals surface area contributed by atoms with Gasteiger partial charge in [0, 0.05) is 11.6 Å². The zero-order valence-electron chi connectivity index (χ0n) is 8.92. The third-order valence-corrected chi connectivity index (χ3v) is 2.92. The molecule has 80 valence electrons. The van der Waals surface area contributed by atoms with Crippen LogP contribution in [0.3, 0.4) is 0 Å². The van der Waals surface area contributed by atoms with Crippen LogP contribution in [-0.2, 0) is 0 Å². The van der Waals surface area contributed by atoms with Gasteiger partial charge in [0.1, 0.15) is 5.52 Å². The molecule has 4 rings (SSSR count). The van der Waals surface area contributed by atoms with E-state index in [1.165, 1.54) is 0 Å². The van der Waals surface area contributed by atoms with Crippen molar-refractivity contribution in [2.24, 2.45) is 0 Å². The minimum absolute atomic E-state index is 0.644. The molecule has 0 amide bonds. The Balaban J connectivity index is 2.28. The Morgan fingerprint density at radius 3 is 2.94 bits per heavy atom. The lowest BCUT2D eigenvalue weighted by Crippen LogP contribution is -1.78. The van der Waals surface area contributed by atoms with Gasteiger partial charge < -0.3 is 4.42 Å². The van der Waals surface area contributed by atoms with Crippen molar-refractivity contribution in [1.82, 2.24) is 9.97 Å². The number of pyridine rings is 2. The van der Waals surface area contributed by atoms with Crippen molar-refractivity contribution in [3.63, 3.8) is 0 Å².